The Morgan fingerprint density at radius 1 is 1.50 bits per heavy atom. The van der Waals surface area contributed by atoms with E-state index in [1.807, 2.05) is 12.1 Å². The van der Waals surface area contributed by atoms with E-state index in [9.17, 15) is 8.42 Å². The van der Waals surface area contributed by atoms with Crippen molar-refractivity contribution in [2.75, 3.05) is 40.4 Å². The van der Waals surface area contributed by atoms with Crippen molar-refractivity contribution in [2.24, 2.45) is 5.41 Å². The Labute approximate surface area is 143 Å². The van der Waals surface area contributed by atoms with Crippen LogP contribution in [0.3, 0.4) is 0 Å². The van der Waals surface area contributed by atoms with Gasteiger partial charge in [0.05, 0.1) is 19.3 Å². The second kappa shape index (κ2) is 7.05. The van der Waals surface area contributed by atoms with Gasteiger partial charge in [-0.05, 0) is 24.5 Å². The molecule has 2 saturated heterocycles. The third kappa shape index (κ3) is 3.48. The van der Waals surface area contributed by atoms with Gasteiger partial charge in [0.25, 0.3) is 10.2 Å². The molecule has 0 unspecified atom stereocenters. The standard InChI is InChI=1S/C16H25N3O4S/c1-18(2)24(20,21)19-8-5-15-16(12-19,6-9-23-15)13-22-11-14-4-3-7-17-10-14/h3-4,7,10,15H,5-6,8-9,11-13H2,1-2H3/t15-,16+/m0/s1. The maximum Gasteiger partial charge on any atom is 0.281 e. The van der Waals surface area contributed by atoms with Crippen molar-refractivity contribution < 1.29 is 17.9 Å². The smallest absolute Gasteiger partial charge is 0.281 e. The first-order valence-corrected chi connectivity index (χ1v) is 9.60. The molecule has 0 amide bonds. The molecule has 8 heteroatoms. The van der Waals surface area contributed by atoms with Crippen molar-refractivity contribution in [2.45, 2.75) is 25.6 Å². The molecule has 0 spiro atoms. The topological polar surface area (TPSA) is 72.0 Å². The molecular formula is C16H25N3O4S. The minimum Gasteiger partial charge on any atom is -0.377 e. The molecule has 134 valence electrons. The zero-order valence-electron chi connectivity index (χ0n) is 14.2. The summed E-state index contributed by atoms with van der Waals surface area (Å²) in [4.78, 5) is 4.08. The third-order valence-corrected chi connectivity index (χ3v) is 6.79. The van der Waals surface area contributed by atoms with Crippen LogP contribution in [0.25, 0.3) is 0 Å². The van der Waals surface area contributed by atoms with Crippen molar-refractivity contribution in [3.63, 3.8) is 0 Å². The summed E-state index contributed by atoms with van der Waals surface area (Å²) in [7, 11) is -0.273. The van der Waals surface area contributed by atoms with Crippen LogP contribution in [0.5, 0.6) is 0 Å². The van der Waals surface area contributed by atoms with Gasteiger partial charge in [0, 0.05) is 51.6 Å². The fourth-order valence-electron chi connectivity index (χ4n) is 3.50. The van der Waals surface area contributed by atoms with Crippen LogP contribution in [0.15, 0.2) is 24.5 Å². The van der Waals surface area contributed by atoms with Crippen LogP contribution in [0.2, 0.25) is 0 Å². The second-order valence-electron chi connectivity index (χ2n) is 6.74. The first-order valence-electron chi connectivity index (χ1n) is 8.20. The van der Waals surface area contributed by atoms with E-state index in [0.717, 1.165) is 12.0 Å². The molecule has 2 aliphatic rings. The molecule has 24 heavy (non-hydrogen) atoms. The lowest BCUT2D eigenvalue weighted by molar-refractivity contribution is -0.0518. The lowest BCUT2D eigenvalue weighted by Crippen LogP contribution is -2.55. The molecule has 3 rings (SSSR count). The molecular weight excluding hydrogens is 330 g/mol. The Balaban J connectivity index is 1.68. The van der Waals surface area contributed by atoms with E-state index in [0.29, 0.717) is 39.3 Å². The normalized spacial score (nSPS) is 28.2. The van der Waals surface area contributed by atoms with Gasteiger partial charge in [-0.1, -0.05) is 6.07 Å². The first kappa shape index (κ1) is 17.8. The maximum absolute atomic E-state index is 12.5. The predicted molar refractivity (Wildman–Crippen MR) is 89.5 cm³/mol. The molecule has 2 aliphatic heterocycles. The van der Waals surface area contributed by atoms with Crippen LogP contribution in [-0.2, 0) is 26.3 Å². The van der Waals surface area contributed by atoms with Crippen LogP contribution >= 0.6 is 0 Å². The summed E-state index contributed by atoms with van der Waals surface area (Å²) < 4.78 is 39.6. The molecule has 2 atom stereocenters. The molecule has 0 radical (unpaired) electrons. The van der Waals surface area contributed by atoms with Gasteiger partial charge in [-0.2, -0.15) is 17.0 Å². The Morgan fingerprint density at radius 2 is 2.33 bits per heavy atom. The largest absolute Gasteiger partial charge is 0.377 e. The lowest BCUT2D eigenvalue weighted by atomic mass is 9.78. The molecule has 1 aromatic heterocycles. The molecule has 0 saturated carbocycles. The van der Waals surface area contributed by atoms with E-state index in [-0.39, 0.29) is 11.5 Å². The van der Waals surface area contributed by atoms with Crippen LogP contribution in [-0.4, -0.2) is 68.5 Å². The predicted octanol–water partition coefficient (Wildman–Crippen LogP) is 0.886. The first-order chi connectivity index (χ1) is 11.4. The van der Waals surface area contributed by atoms with E-state index in [1.165, 1.54) is 4.31 Å². The number of nitrogens with zero attached hydrogens (tertiary/aromatic N) is 3. The Hall–Kier alpha value is -1.06. The summed E-state index contributed by atoms with van der Waals surface area (Å²) in [6.07, 6.45) is 5.12. The van der Waals surface area contributed by atoms with E-state index in [2.05, 4.69) is 4.98 Å². The van der Waals surface area contributed by atoms with Gasteiger partial charge in [0.15, 0.2) is 0 Å². The van der Waals surface area contributed by atoms with Gasteiger partial charge in [-0.3, -0.25) is 4.98 Å². The number of hydrogen-bond donors (Lipinski definition) is 0. The Morgan fingerprint density at radius 3 is 3.04 bits per heavy atom. The fourth-order valence-corrected chi connectivity index (χ4v) is 4.72. The van der Waals surface area contributed by atoms with Crippen LogP contribution < -0.4 is 0 Å². The Bertz CT molecular complexity index is 653. The van der Waals surface area contributed by atoms with Gasteiger partial charge in [-0.25, -0.2) is 0 Å². The highest BCUT2D eigenvalue weighted by molar-refractivity contribution is 7.86. The van der Waals surface area contributed by atoms with E-state index < -0.39 is 10.2 Å². The summed E-state index contributed by atoms with van der Waals surface area (Å²) in [5.74, 6) is 0. The van der Waals surface area contributed by atoms with E-state index in [4.69, 9.17) is 9.47 Å². The zero-order valence-corrected chi connectivity index (χ0v) is 15.0. The molecule has 0 aromatic carbocycles. The number of rotatable bonds is 6. The molecule has 1 aromatic rings. The summed E-state index contributed by atoms with van der Waals surface area (Å²) in [6.45, 7) is 2.58. The van der Waals surface area contributed by atoms with Crippen LogP contribution in [0.1, 0.15) is 18.4 Å². The second-order valence-corrected chi connectivity index (χ2v) is 8.88. The number of aromatic nitrogens is 1. The number of fused-ring (bicyclic) bond motifs is 1. The molecule has 0 bridgehead atoms. The van der Waals surface area contributed by atoms with Crippen LogP contribution in [0, 0.1) is 5.41 Å². The van der Waals surface area contributed by atoms with Crippen molar-refractivity contribution in [1.29, 1.82) is 0 Å². The minimum absolute atomic E-state index is 0.0695. The number of piperidine rings is 1. The highest BCUT2D eigenvalue weighted by atomic mass is 32.2. The lowest BCUT2D eigenvalue weighted by Gasteiger charge is -2.43. The molecule has 2 fully saturated rings. The molecule has 3 heterocycles. The van der Waals surface area contributed by atoms with Crippen molar-refractivity contribution in [1.82, 2.24) is 13.6 Å². The van der Waals surface area contributed by atoms with Gasteiger partial charge in [0.1, 0.15) is 0 Å². The number of pyridine rings is 1. The summed E-state index contributed by atoms with van der Waals surface area (Å²) in [5, 5.41) is 0. The quantitative estimate of drug-likeness (QED) is 0.758. The maximum atomic E-state index is 12.5. The van der Waals surface area contributed by atoms with Crippen molar-refractivity contribution in [3.05, 3.63) is 30.1 Å². The van der Waals surface area contributed by atoms with Crippen molar-refractivity contribution in [3.8, 4) is 0 Å². The van der Waals surface area contributed by atoms with Gasteiger partial charge in [0.2, 0.25) is 0 Å². The van der Waals surface area contributed by atoms with Crippen molar-refractivity contribution >= 4 is 10.2 Å². The highest BCUT2D eigenvalue weighted by Crippen LogP contribution is 2.42. The average Bonchev–Trinajstić information content (AvgIpc) is 2.98. The highest BCUT2D eigenvalue weighted by Gasteiger charge is 2.50. The van der Waals surface area contributed by atoms with E-state index >= 15 is 0 Å². The molecule has 7 nitrogen and oxygen atoms in total. The molecule has 0 aliphatic carbocycles. The van der Waals surface area contributed by atoms with Crippen LogP contribution in [0.4, 0.5) is 0 Å². The summed E-state index contributed by atoms with van der Waals surface area (Å²) in [5.41, 5.74) is 0.752. The zero-order chi connectivity index (χ0) is 17.2. The Kier molecular flexibility index (Phi) is 5.22. The number of ether oxygens (including phenoxy) is 2. The monoisotopic (exact) mass is 355 g/mol. The minimum atomic E-state index is -3.41. The third-order valence-electron chi connectivity index (χ3n) is 4.90. The summed E-state index contributed by atoms with van der Waals surface area (Å²) >= 11 is 0. The summed E-state index contributed by atoms with van der Waals surface area (Å²) in [6, 6.07) is 3.85. The van der Waals surface area contributed by atoms with Gasteiger partial charge < -0.3 is 9.47 Å². The number of hydrogen-bond acceptors (Lipinski definition) is 5. The van der Waals surface area contributed by atoms with Gasteiger partial charge >= 0.3 is 0 Å². The van der Waals surface area contributed by atoms with Gasteiger partial charge in [-0.15, -0.1) is 0 Å². The molecule has 0 N–H and O–H groups in total. The SMILES string of the molecule is CN(C)S(=O)(=O)N1CC[C@@H]2OCC[C@]2(COCc2cccnc2)C1. The fraction of sp³-hybridized carbons (Fsp3) is 0.688. The average molecular weight is 355 g/mol. The van der Waals surface area contributed by atoms with E-state index in [1.54, 1.807) is 30.8 Å².